The zero-order valence-corrected chi connectivity index (χ0v) is 7.16. The van der Waals surface area contributed by atoms with Crippen LogP contribution < -0.4 is 10.1 Å². The summed E-state index contributed by atoms with van der Waals surface area (Å²) in [4.78, 5) is 3.49. The third kappa shape index (κ3) is 2.15. The molecule has 1 fully saturated rings. The molecule has 1 aliphatic rings. The number of rotatable bonds is 3. The first kappa shape index (κ1) is 8.44. The number of nitrogens with zero attached hydrogens (tertiary/aromatic N) is 1. The van der Waals surface area contributed by atoms with Crippen LogP contribution in [-0.2, 0) is 0 Å². The van der Waals surface area contributed by atoms with Crippen molar-refractivity contribution >= 4 is 0 Å². The normalized spacial score (nSPS) is 20.8. The predicted molar refractivity (Wildman–Crippen MR) is 46.1 cm³/mol. The number of ether oxygens (including phenoxy) is 1. The molecule has 3 nitrogen and oxygen atoms in total. The molecule has 1 aromatic rings. The molecule has 0 amide bonds. The number of halogens is 1. The molecule has 13 heavy (non-hydrogen) atoms. The molecule has 1 atom stereocenters. The molecule has 0 spiro atoms. The maximum Gasteiger partial charge on any atom is 0.213 e. The van der Waals surface area contributed by atoms with Gasteiger partial charge in [0.1, 0.15) is 12.4 Å². The van der Waals surface area contributed by atoms with Crippen molar-refractivity contribution in [2.45, 2.75) is 12.5 Å². The Morgan fingerprint density at radius 1 is 1.62 bits per heavy atom. The summed E-state index contributed by atoms with van der Waals surface area (Å²) >= 11 is 0. The largest absolute Gasteiger partial charge is 0.490 e. The van der Waals surface area contributed by atoms with Gasteiger partial charge in [-0.3, -0.25) is 0 Å². The lowest BCUT2D eigenvalue weighted by Gasteiger charge is -2.27. The van der Waals surface area contributed by atoms with E-state index in [1.54, 1.807) is 6.07 Å². The smallest absolute Gasteiger partial charge is 0.213 e. The Morgan fingerprint density at radius 2 is 2.46 bits per heavy atom. The van der Waals surface area contributed by atoms with E-state index in [4.69, 9.17) is 4.74 Å². The molecule has 1 unspecified atom stereocenters. The molecule has 2 rings (SSSR count). The lowest BCUT2D eigenvalue weighted by Crippen LogP contribution is -2.46. The zero-order valence-electron chi connectivity index (χ0n) is 7.16. The van der Waals surface area contributed by atoms with E-state index in [1.165, 1.54) is 12.3 Å². The van der Waals surface area contributed by atoms with E-state index in [-0.39, 0.29) is 0 Å². The van der Waals surface area contributed by atoms with Crippen LogP contribution in [0, 0.1) is 5.95 Å². The van der Waals surface area contributed by atoms with Crippen LogP contribution in [0.1, 0.15) is 6.42 Å². The van der Waals surface area contributed by atoms with Crippen LogP contribution in [0.4, 0.5) is 4.39 Å². The van der Waals surface area contributed by atoms with Gasteiger partial charge < -0.3 is 10.1 Å². The second kappa shape index (κ2) is 3.70. The highest BCUT2D eigenvalue weighted by atomic mass is 19.1. The van der Waals surface area contributed by atoms with E-state index < -0.39 is 5.95 Å². The monoisotopic (exact) mass is 182 g/mol. The fourth-order valence-electron chi connectivity index (χ4n) is 1.14. The van der Waals surface area contributed by atoms with Gasteiger partial charge in [0.25, 0.3) is 0 Å². The molecular formula is C9H11FN2O. The summed E-state index contributed by atoms with van der Waals surface area (Å²) < 4.78 is 17.8. The van der Waals surface area contributed by atoms with Gasteiger partial charge in [-0.15, -0.1) is 0 Å². The number of aromatic nitrogens is 1. The number of nitrogens with one attached hydrogen (secondary N) is 1. The second-order valence-electron chi connectivity index (χ2n) is 3.07. The quantitative estimate of drug-likeness (QED) is 0.707. The first-order chi connectivity index (χ1) is 6.34. The van der Waals surface area contributed by atoms with Crippen LogP contribution in [-0.4, -0.2) is 24.2 Å². The van der Waals surface area contributed by atoms with Gasteiger partial charge in [0, 0.05) is 6.04 Å². The minimum atomic E-state index is -0.478. The third-order valence-electron chi connectivity index (χ3n) is 2.08. The molecular weight excluding hydrogens is 171 g/mol. The van der Waals surface area contributed by atoms with Crippen molar-refractivity contribution < 1.29 is 9.13 Å². The maximum atomic E-state index is 12.4. The third-order valence-corrected chi connectivity index (χ3v) is 2.08. The Bertz CT molecular complexity index is 271. The average molecular weight is 182 g/mol. The first-order valence-corrected chi connectivity index (χ1v) is 4.32. The number of hydrogen-bond acceptors (Lipinski definition) is 3. The van der Waals surface area contributed by atoms with Crippen molar-refractivity contribution in [2.24, 2.45) is 0 Å². The highest BCUT2D eigenvalue weighted by Crippen LogP contribution is 2.10. The van der Waals surface area contributed by atoms with Gasteiger partial charge in [-0.25, -0.2) is 4.98 Å². The lowest BCUT2D eigenvalue weighted by atomic mass is 10.1. The average Bonchev–Trinajstić information content (AvgIpc) is 2.05. The van der Waals surface area contributed by atoms with E-state index in [9.17, 15) is 4.39 Å². The minimum absolute atomic E-state index is 0.449. The Morgan fingerprint density at radius 3 is 3.00 bits per heavy atom. The molecule has 0 aromatic carbocycles. The highest BCUT2D eigenvalue weighted by molar-refractivity contribution is 5.16. The Balaban J connectivity index is 1.83. The van der Waals surface area contributed by atoms with E-state index in [0.29, 0.717) is 18.4 Å². The van der Waals surface area contributed by atoms with Gasteiger partial charge >= 0.3 is 0 Å². The lowest BCUT2D eigenvalue weighted by molar-refractivity contribution is 0.216. The molecule has 0 saturated carbocycles. The van der Waals surface area contributed by atoms with Crippen molar-refractivity contribution in [3.8, 4) is 5.75 Å². The topological polar surface area (TPSA) is 34.1 Å². The van der Waals surface area contributed by atoms with Crippen molar-refractivity contribution in [3.05, 3.63) is 24.3 Å². The van der Waals surface area contributed by atoms with Crippen LogP contribution in [0.5, 0.6) is 5.75 Å². The summed E-state index contributed by atoms with van der Waals surface area (Å²) in [5.74, 6) is 0.143. The minimum Gasteiger partial charge on any atom is -0.490 e. The van der Waals surface area contributed by atoms with Gasteiger partial charge in [-0.1, -0.05) is 0 Å². The van der Waals surface area contributed by atoms with Crippen molar-refractivity contribution in [1.82, 2.24) is 10.3 Å². The number of pyridine rings is 1. The van der Waals surface area contributed by atoms with Crippen LogP contribution in [0.2, 0.25) is 0 Å². The molecule has 1 aromatic heterocycles. The molecule has 70 valence electrons. The summed E-state index contributed by atoms with van der Waals surface area (Å²) in [5, 5.41) is 3.21. The standard InChI is InChI=1S/C9H11FN2O/c10-9-2-1-8(5-12-9)13-6-7-3-4-11-7/h1-2,5,7,11H,3-4,6H2. The van der Waals surface area contributed by atoms with Crippen LogP contribution in [0.3, 0.4) is 0 Å². The van der Waals surface area contributed by atoms with E-state index in [2.05, 4.69) is 10.3 Å². The van der Waals surface area contributed by atoms with E-state index in [0.717, 1.165) is 13.0 Å². The second-order valence-corrected chi connectivity index (χ2v) is 3.07. The summed E-state index contributed by atoms with van der Waals surface area (Å²) in [6.07, 6.45) is 2.54. The van der Waals surface area contributed by atoms with Crippen molar-refractivity contribution in [1.29, 1.82) is 0 Å². The van der Waals surface area contributed by atoms with Gasteiger partial charge in [-0.2, -0.15) is 4.39 Å². The highest BCUT2D eigenvalue weighted by Gasteiger charge is 2.16. The maximum absolute atomic E-state index is 12.4. The van der Waals surface area contributed by atoms with Gasteiger partial charge in [0.2, 0.25) is 5.95 Å². The van der Waals surface area contributed by atoms with Gasteiger partial charge in [0.15, 0.2) is 0 Å². The van der Waals surface area contributed by atoms with E-state index in [1.807, 2.05) is 0 Å². The molecule has 1 saturated heterocycles. The Labute approximate surface area is 75.9 Å². The summed E-state index contributed by atoms with van der Waals surface area (Å²) in [6.45, 7) is 1.70. The molecule has 0 bridgehead atoms. The Kier molecular flexibility index (Phi) is 2.40. The molecule has 1 aliphatic heterocycles. The molecule has 2 heterocycles. The van der Waals surface area contributed by atoms with Crippen LogP contribution >= 0.6 is 0 Å². The van der Waals surface area contributed by atoms with E-state index >= 15 is 0 Å². The fraction of sp³-hybridized carbons (Fsp3) is 0.444. The van der Waals surface area contributed by atoms with Crippen molar-refractivity contribution in [3.63, 3.8) is 0 Å². The Hall–Kier alpha value is -1.16. The zero-order chi connectivity index (χ0) is 9.10. The predicted octanol–water partition coefficient (Wildman–Crippen LogP) is 0.961. The summed E-state index contributed by atoms with van der Waals surface area (Å²) in [7, 11) is 0. The van der Waals surface area contributed by atoms with Gasteiger partial charge in [0.05, 0.1) is 6.20 Å². The van der Waals surface area contributed by atoms with Crippen LogP contribution in [0.25, 0.3) is 0 Å². The SMILES string of the molecule is Fc1ccc(OCC2CCN2)cn1. The molecule has 0 aliphatic carbocycles. The molecule has 4 heteroatoms. The van der Waals surface area contributed by atoms with Crippen molar-refractivity contribution in [2.75, 3.05) is 13.2 Å². The fourth-order valence-corrected chi connectivity index (χ4v) is 1.14. The van der Waals surface area contributed by atoms with Gasteiger partial charge in [-0.05, 0) is 25.1 Å². The summed E-state index contributed by atoms with van der Waals surface area (Å²) in [5.41, 5.74) is 0. The molecule has 0 radical (unpaired) electrons. The molecule has 1 N–H and O–H groups in total. The van der Waals surface area contributed by atoms with Crippen LogP contribution in [0.15, 0.2) is 18.3 Å². The first-order valence-electron chi connectivity index (χ1n) is 4.32. The number of hydrogen-bond donors (Lipinski definition) is 1. The summed E-state index contributed by atoms with van der Waals surface area (Å²) in [6, 6.07) is 3.33.